The van der Waals surface area contributed by atoms with Gasteiger partial charge in [-0.25, -0.2) is 0 Å². The molecule has 0 aliphatic rings. The van der Waals surface area contributed by atoms with Crippen molar-refractivity contribution in [3.63, 3.8) is 0 Å². The Morgan fingerprint density at radius 3 is 0.977 bits per heavy atom. The summed E-state index contributed by atoms with van der Waals surface area (Å²) in [4.78, 5) is 0. The van der Waals surface area contributed by atoms with Crippen molar-refractivity contribution in [2.24, 2.45) is 0 Å². The molecule has 0 spiro atoms. The van der Waals surface area contributed by atoms with Crippen molar-refractivity contribution in [1.29, 1.82) is 21.0 Å². The third-order valence-electron chi connectivity index (χ3n) is 15.5. The SMILES string of the molecule is CCCCCCCCCCCCOc1cc(/C=C/c2cc(OC)c(/C=c3\sc4ccccc4c3=C(C#N)C#N)cc2OC)c(OCCCCCCCCCCCC)cc1/C=C/c1cc(OC)c(/C=c2\sc3ccccc3c2=C(C#N)C#N)cc1OC. The molecule has 0 fully saturated rings. The monoisotopic (exact) mass is 1190 g/mol. The summed E-state index contributed by atoms with van der Waals surface area (Å²) in [6, 6.07) is 35.9. The van der Waals surface area contributed by atoms with Crippen molar-refractivity contribution < 1.29 is 28.4 Å². The fourth-order valence-electron chi connectivity index (χ4n) is 10.8. The number of ether oxygens (including phenoxy) is 6. The molecule has 0 aliphatic carbocycles. The molecule has 0 N–H and O–H groups in total. The van der Waals surface area contributed by atoms with Gasteiger partial charge in [-0.3, -0.25) is 0 Å². The lowest BCUT2D eigenvalue weighted by Gasteiger charge is -2.16. The lowest BCUT2D eigenvalue weighted by Crippen LogP contribution is -2.21. The molecule has 2 aromatic heterocycles. The fraction of sp³-hybridized carbons (Fsp3) is 0.378. The Morgan fingerprint density at radius 2 is 0.651 bits per heavy atom. The third kappa shape index (κ3) is 17.9. The standard InChI is InChI=1S/C74H82N4O6S2/c1-7-9-11-13-15-17-19-21-23-29-39-83-67-43-56(38-36-54-42-66(82-6)58(46-64(54)80-4)48-72-74(60(51-77)52-78)62-32-26-28-34-70(62)86-72)68(84-40-30-24-22-20-18-16-14-12-10-8-2)44-55(67)37-35-53-41-65(81-5)57(45-63(53)79-3)47-71-73(59(49-75)50-76)61-31-25-27-33-69(61)85-71/h25-28,31-38,41-48H,7-24,29-30,39-40H2,1-6H3/b37-35+,38-36+,71-47-,72-48-. The van der Waals surface area contributed by atoms with Gasteiger partial charge in [0.15, 0.2) is 0 Å². The maximum atomic E-state index is 10.0. The van der Waals surface area contributed by atoms with E-state index in [9.17, 15) is 21.0 Å². The first-order valence-corrected chi connectivity index (χ1v) is 32.3. The summed E-state index contributed by atoms with van der Waals surface area (Å²) in [5, 5.41) is 42.9. The van der Waals surface area contributed by atoms with Crippen LogP contribution in [0.25, 0.3) is 67.8 Å². The first-order valence-electron chi connectivity index (χ1n) is 30.7. The zero-order valence-electron chi connectivity index (χ0n) is 51.2. The van der Waals surface area contributed by atoms with Crippen LogP contribution < -0.4 is 47.9 Å². The number of fused-ring (bicyclic) bond motifs is 2. The minimum Gasteiger partial charge on any atom is -0.496 e. The van der Waals surface area contributed by atoms with Crippen LogP contribution in [0.2, 0.25) is 0 Å². The van der Waals surface area contributed by atoms with E-state index in [0.717, 1.165) is 88.3 Å². The zero-order valence-corrected chi connectivity index (χ0v) is 52.8. The number of thiophene rings is 2. The van der Waals surface area contributed by atoms with E-state index in [2.05, 4.69) is 50.3 Å². The number of rotatable bonds is 34. The second kappa shape index (κ2) is 35.3. The highest BCUT2D eigenvalue weighted by Crippen LogP contribution is 2.37. The lowest BCUT2D eigenvalue weighted by molar-refractivity contribution is 0.295. The molecule has 0 saturated carbocycles. The van der Waals surface area contributed by atoms with Crippen LogP contribution in [0.5, 0.6) is 34.5 Å². The van der Waals surface area contributed by atoms with Crippen molar-refractivity contribution in [1.82, 2.24) is 0 Å². The van der Waals surface area contributed by atoms with E-state index in [1.54, 1.807) is 28.4 Å². The topological polar surface area (TPSA) is 151 Å². The van der Waals surface area contributed by atoms with Gasteiger partial charge in [0.1, 0.15) is 69.9 Å². The van der Waals surface area contributed by atoms with E-state index in [4.69, 9.17) is 28.4 Å². The Hall–Kier alpha value is -8.26. The molecule has 0 bridgehead atoms. The average Bonchev–Trinajstić information content (AvgIpc) is 3.72. The number of nitrogens with zero attached hydrogens (tertiary/aromatic N) is 4. The summed E-state index contributed by atoms with van der Waals surface area (Å²) in [7, 11) is 6.55. The second-order valence-electron chi connectivity index (χ2n) is 21.5. The highest BCUT2D eigenvalue weighted by Gasteiger charge is 2.16. The van der Waals surface area contributed by atoms with Gasteiger partial charge in [-0.05, 0) is 73.5 Å². The molecular weight excluding hydrogens is 1100 g/mol. The highest BCUT2D eigenvalue weighted by atomic mass is 32.1. The van der Waals surface area contributed by atoms with Crippen LogP contribution >= 0.6 is 22.7 Å². The number of hydrogen-bond donors (Lipinski definition) is 0. The Balaban J connectivity index is 1.27. The Morgan fingerprint density at radius 1 is 0.372 bits per heavy atom. The number of methoxy groups -OCH3 is 4. The molecule has 10 nitrogen and oxygen atoms in total. The normalized spacial score (nSPS) is 11.7. The van der Waals surface area contributed by atoms with E-state index in [0.29, 0.717) is 58.1 Å². The molecule has 0 amide bonds. The summed E-state index contributed by atoms with van der Waals surface area (Å²) in [5.74, 6) is 3.81. The largest absolute Gasteiger partial charge is 0.496 e. The molecule has 2 heterocycles. The van der Waals surface area contributed by atoms with Gasteiger partial charge in [-0.2, -0.15) is 21.0 Å². The molecule has 0 unspecified atom stereocenters. The van der Waals surface area contributed by atoms with Gasteiger partial charge in [0.25, 0.3) is 0 Å². The summed E-state index contributed by atoms with van der Waals surface area (Å²) in [5.41, 5.74) is 4.79. The van der Waals surface area contributed by atoms with Gasteiger partial charge < -0.3 is 28.4 Å². The van der Waals surface area contributed by atoms with E-state index in [1.165, 1.54) is 125 Å². The van der Waals surface area contributed by atoms with E-state index < -0.39 is 0 Å². The van der Waals surface area contributed by atoms with Crippen LogP contribution in [-0.2, 0) is 0 Å². The molecule has 5 aromatic carbocycles. The predicted octanol–water partition coefficient (Wildman–Crippen LogP) is 17.1. The van der Waals surface area contributed by atoms with Crippen LogP contribution in [0.1, 0.15) is 176 Å². The molecule has 7 aromatic rings. The highest BCUT2D eigenvalue weighted by molar-refractivity contribution is 7.17. The van der Waals surface area contributed by atoms with Gasteiger partial charge in [0.05, 0.1) is 41.7 Å². The van der Waals surface area contributed by atoms with E-state index in [-0.39, 0.29) is 11.1 Å². The number of nitriles is 4. The minimum absolute atomic E-state index is 0.0505. The summed E-state index contributed by atoms with van der Waals surface area (Å²) < 4.78 is 41.3. The smallest absolute Gasteiger partial charge is 0.138 e. The molecule has 0 saturated heterocycles. The van der Waals surface area contributed by atoms with Crippen LogP contribution in [-0.4, -0.2) is 41.7 Å². The molecule has 0 aliphatic heterocycles. The van der Waals surface area contributed by atoms with Crippen LogP contribution in [0, 0.1) is 45.3 Å². The van der Waals surface area contributed by atoms with Crippen LogP contribution in [0.15, 0.2) is 84.9 Å². The quantitative estimate of drug-likeness (QED) is 0.0282. The van der Waals surface area contributed by atoms with Crippen molar-refractivity contribution >= 4 is 90.4 Å². The zero-order chi connectivity index (χ0) is 60.9. The molecule has 0 radical (unpaired) electrons. The van der Waals surface area contributed by atoms with Crippen molar-refractivity contribution in [2.45, 2.75) is 142 Å². The first-order chi connectivity index (χ1) is 42.3. The van der Waals surface area contributed by atoms with E-state index >= 15 is 0 Å². The maximum absolute atomic E-state index is 10.0. The summed E-state index contributed by atoms with van der Waals surface area (Å²) in [6.07, 6.45) is 36.4. The van der Waals surface area contributed by atoms with Crippen molar-refractivity contribution in [3.05, 3.63) is 138 Å². The van der Waals surface area contributed by atoms with Crippen molar-refractivity contribution in [2.75, 3.05) is 41.7 Å². The second-order valence-corrected chi connectivity index (χ2v) is 23.7. The van der Waals surface area contributed by atoms with Crippen LogP contribution in [0.4, 0.5) is 0 Å². The number of hydrogen-bond acceptors (Lipinski definition) is 12. The first kappa shape index (κ1) is 65.3. The summed E-state index contributed by atoms with van der Waals surface area (Å²) in [6.45, 7) is 5.61. The average molecular weight is 1190 g/mol. The molecular formula is C74H82N4O6S2. The van der Waals surface area contributed by atoms with Gasteiger partial charge in [0.2, 0.25) is 0 Å². The molecule has 0 atom stereocenters. The van der Waals surface area contributed by atoms with Gasteiger partial charge >= 0.3 is 0 Å². The van der Waals surface area contributed by atoms with E-state index in [1.807, 2.05) is 109 Å². The molecule has 12 heteroatoms. The Kier molecular flexibility index (Phi) is 26.8. The molecule has 86 heavy (non-hydrogen) atoms. The fourth-order valence-corrected chi connectivity index (χ4v) is 13.1. The summed E-state index contributed by atoms with van der Waals surface area (Å²) >= 11 is 3.03. The minimum atomic E-state index is 0.0505. The Labute approximate surface area is 517 Å². The number of unbranched alkanes of at least 4 members (excludes halogenated alkanes) is 18. The number of benzene rings is 5. The molecule has 7 rings (SSSR count). The molecule has 446 valence electrons. The van der Waals surface area contributed by atoms with Gasteiger partial charge in [-0.1, -0.05) is 190 Å². The Bertz CT molecular complexity index is 3610. The lowest BCUT2D eigenvalue weighted by atomic mass is 10.0. The maximum Gasteiger partial charge on any atom is 0.138 e. The van der Waals surface area contributed by atoms with Crippen LogP contribution in [0.3, 0.4) is 0 Å². The van der Waals surface area contributed by atoms with Gasteiger partial charge in [-0.15, -0.1) is 22.7 Å². The van der Waals surface area contributed by atoms with Gasteiger partial charge in [0, 0.05) is 73.1 Å². The third-order valence-corrected chi connectivity index (χ3v) is 17.7. The predicted molar refractivity (Wildman–Crippen MR) is 357 cm³/mol. The van der Waals surface area contributed by atoms with Crippen molar-refractivity contribution in [3.8, 4) is 58.8 Å².